The van der Waals surface area contributed by atoms with Gasteiger partial charge in [-0.05, 0) is 58.7 Å². The van der Waals surface area contributed by atoms with Crippen LogP contribution in [0.3, 0.4) is 0 Å². The minimum absolute atomic E-state index is 0.254. The van der Waals surface area contributed by atoms with Gasteiger partial charge in [0, 0.05) is 25.1 Å². The molecule has 0 aliphatic carbocycles. The van der Waals surface area contributed by atoms with Crippen LogP contribution in [0.2, 0.25) is 0 Å². The molecule has 0 amide bonds. The number of allylic oxidation sites excluding steroid dienone is 2. The number of ether oxygens (including phenoxy) is 1. The Labute approximate surface area is 233 Å². The zero-order valence-electron chi connectivity index (χ0n) is 22.5. The van der Waals surface area contributed by atoms with E-state index in [1.165, 1.54) is 0 Å². The molecule has 6 rings (SSSR count). The van der Waals surface area contributed by atoms with Crippen LogP contribution in [0.25, 0.3) is 38.7 Å². The van der Waals surface area contributed by atoms with E-state index in [9.17, 15) is 13.0 Å². The fraction of sp³-hybridized carbons (Fsp3) is 0.219. The Kier molecular flexibility index (Phi) is 6.82. The predicted molar refractivity (Wildman–Crippen MR) is 159 cm³/mol. The molecule has 5 aromatic rings. The smallest absolute Gasteiger partial charge is 0.374 e. The van der Waals surface area contributed by atoms with Crippen molar-refractivity contribution in [3.8, 4) is 5.75 Å². The zero-order valence-corrected chi connectivity index (χ0v) is 23.3. The van der Waals surface area contributed by atoms with E-state index < -0.39 is 10.1 Å². The molecule has 0 saturated carbocycles. The number of hydrogen-bond donors (Lipinski definition) is 1. The number of aryl methyl sites for hydroxylation is 1. The van der Waals surface area contributed by atoms with Gasteiger partial charge >= 0.3 is 5.89 Å². The Bertz CT molecular complexity index is 1920. The van der Waals surface area contributed by atoms with Crippen molar-refractivity contribution in [2.45, 2.75) is 33.2 Å². The van der Waals surface area contributed by atoms with Crippen molar-refractivity contribution in [1.29, 1.82) is 0 Å². The molecule has 0 atom stereocenters. The van der Waals surface area contributed by atoms with E-state index in [0.717, 1.165) is 62.9 Å². The van der Waals surface area contributed by atoms with Crippen molar-refractivity contribution < 1.29 is 26.7 Å². The maximum atomic E-state index is 11.4. The van der Waals surface area contributed by atoms with Crippen molar-refractivity contribution in [2.75, 3.05) is 17.2 Å². The lowest BCUT2D eigenvalue weighted by atomic mass is 10.1. The lowest BCUT2D eigenvalue weighted by Gasteiger charge is -2.16. The summed E-state index contributed by atoms with van der Waals surface area (Å²) in [6.07, 6.45) is 5.01. The maximum absolute atomic E-state index is 11.4. The minimum Gasteiger partial charge on any atom is -0.439 e. The fourth-order valence-electron chi connectivity index (χ4n) is 5.31. The van der Waals surface area contributed by atoms with Crippen LogP contribution >= 0.6 is 0 Å². The number of anilines is 1. The monoisotopic (exact) mass is 555 g/mol. The van der Waals surface area contributed by atoms with Gasteiger partial charge in [0.25, 0.3) is 15.6 Å². The number of benzene rings is 4. The molecule has 0 fully saturated rings. The number of oxazole rings is 1. The Morgan fingerprint density at radius 1 is 0.950 bits per heavy atom. The fourth-order valence-corrected chi connectivity index (χ4v) is 5.81. The number of hydrogen-bond acceptors (Lipinski definition) is 5. The summed E-state index contributed by atoms with van der Waals surface area (Å²) in [6, 6.07) is 24.6. The summed E-state index contributed by atoms with van der Waals surface area (Å²) < 4.78 is 46.8. The molecule has 2 heterocycles. The number of aromatic nitrogens is 1. The standard InChI is InChI=1S/C32H30N2O5S/c1-3-22(16-31-33(4-2)27-18-23-10-5-7-12-25(23)20-29(27)38-31)17-32-34(14-9-15-40(35,36)37)28-19-24-11-6-8-13-26(24)21-30(28)39-32/h5-8,10-13,16-21H,3-4,9,14-15H2,1-2H3/p+1. The number of nitrogens with zero attached hydrogens (tertiary/aromatic N) is 2. The third-order valence-corrected chi connectivity index (χ3v) is 8.13. The van der Waals surface area contributed by atoms with Gasteiger partial charge in [-0.3, -0.25) is 4.55 Å². The third kappa shape index (κ3) is 5.08. The molecule has 0 bridgehead atoms. The van der Waals surface area contributed by atoms with Gasteiger partial charge in [-0.1, -0.05) is 55.5 Å². The van der Waals surface area contributed by atoms with Crippen molar-refractivity contribution >= 4 is 54.5 Å². The van der Waals surface area contributed by atoms with Gasteiger partial charge in [0.15, 0.2) is 12.3 Å². The summed E-state index contributed by atoms with van der Waals surface area (Å²) in [4.78, 5) is 2.16. The summed E-state index contributed by atoms with van der Waals surface area (Å²) in [5.74, 6) is 1.87. The van der Waals surface area contributed by atoms with Crippen molar-refractivity contribution in [3.63, 3.8) is 0 Å². The van der Waals surface area contributed by atoms with Crippen LogP contribution in [0.4, 0.5) is 5.69 Å². The summed E-state index contributed by atoms with van der Waals surface area (Å²) in [6.45, 7) is 5.31. The molecule has 1 aliphatic rings. The summed E-state index contributed by atoms with van der Waals surface area (Å²) >= 11 is 0. The van der Waals surface area contributed by atoms with Crippen LogP contribution in [-0.2, 0) is 16.7 Å². The summed E-state index contributed by atoms with van der Waals surface area (Å²) in [7, 11) is -4.06. The zero-order chi connectivity index (χ0) is 27.9. The van der Waals surface area contributed by atoms with Crippen molar-refractivity contribution in [3.05, 3.63) is 96.2 Å². The Hall–Kier alpha value is -4.14. The second-order valence-corrected chi connectivity index (χ2v) is 11.5. The van der Waals surface area contributed by atoms with Crippen molar-refractivity contribution in [2.24, 2.45) is 0 Å². The van der Waals surface area contributed by atoms with Crippen molar-refractivity contribution in [1.82, 2.24) is 0 Å². The van der Waals surface area contributed by atoms with Gasteiger partial charge in [0.05, 0.1) is 17.5 Å². The topological polar surface area (TPSA) is 83.9 Å². The quantitative estimate of drug-likeness (QED) is 0.166. The molecule has 1 N–H and O–H groups in total. The van der Waals surface area contributed by atoms with Gasteiger partial charge < -0.3 is 14.1 Å². The predicted octanol–water partition coefficient (Wildman–Crippen LogP) is 6.86. The van der Waals surface area contributed by atoms with E-state index >= 15 is 0 Å². The largest absolute Gasteiger partial charge is 0.439 e. The number of rotatable bonds is 8. The van der Waals surface area contributed by atoms with Crippen LogP contribution in [-0.4, -0.2) is 25.3 Å². The lowest BCUT2D eigenvalue weighted by molar-refractivity contribution is -0.677. The Balaban J connectivity index is 1.41. The van der Waals surface area contributed by atoms with Gasteiger partial charge in [-0.2, -0.15) is 13.0 Å². The highest BCUT2D eigenvalue weighted by molar-refractivity contribution is 7.85. The lowest BCUT2D eigenvalue weighted by Crippen LogP contribution is -2.36. The van der Waals surface area contributed by atoms with Crippen LogP contribution in [0.5, 0.6) is 5.75 Å². The van der Waals surface area contributed by atoms with Crippen LogP contribution in [0.1, 0.15) is 32.6 Å². The molecule has 0 radical (unpaired) electrons. The molecule has 204 valence electrons. The second-order valence-electron chi connectivity index (χ2n) is 9.97. The molecule has 40 heavy (non-hydrogen) atoms. The average Bonchev–Trinajstić information content (AvgIpc) is 3.44. The average molecular weight is 556 g/mol. The molecule has 0 spiro atoms. The van der Waals surface area contributed by atoms with E-state index in [0.29, 0.717) is 18.0 Å². The highest BCUT2D eigenvalue weighted by Gasteiger charge is 2.27. The van der Waals surface area contributed by atoms with Gasteiger partial charge in [0.2, 0.25) is 11.5 Å². The highest BCUT2D eigenvalue weighted by Crippen LogP contribution is 2.42. The first kappa shape index (κ1) is 26.1. The molecule has 1 aromatic heterocycles. The van der Waals surface area contributed by atoms with E-state index in [1.54, 1.807) is 0 Å². The van der Waals surface area contributed by atoms with E-state index in [1.807, 2.05) is 59.2 Å². The van der Waals surface area contributed by atoms with Gasteiger partial charge in [0.1, 0.15) is 0 Å². The Morgan fingerprint density at radius 3 is 2.25 bits per heavy atom. The molecular weight excluding hydrogens is 524 g/mol. The first-order chi connectivity index (χ1) is 19.3. The van der Waals surface area contributed by atoms with E-state index in [-0.39, 0.29) is 12.2 Å². The number of fused-ring (bicyclic) bond motifs is 4. The molecule has 4 aromatic carbocycles. The molecule has 0 saturated heterocycles. The normalized spacial score (nSPS) is 14.9. The van der Waals surface area contributed by atoms with Crippen LogP contribution < -0.4 is 14.2 Å². The molecule has 7 nitrogen and oxygen atoms in total. The van der Waals surface area contributed by atoms with E-state index in [2.05, 4.69) is 49.1 Å². The molecular formula is C32H31N2O5S+. The second kappa shape index (κ2) is 10.4. The first-order valence-electron chi connectivity index (χ1n) is 13.5. The molecule has 8 heteroatoms. The highest BCUT2D eigenvalue weighted by atomic mass is 32.2. The molecule has 1 aliphatic heterocycles. The van der Waals surface area contributed by atoms with E-state index in [4.69, 9.17) is 9.15 Å². The van der Waals surface area contributed by atoms with Crippen LogP contribution in [0, 0.1) is 0 Å². The summed E-state index contributed by atoms with van der Waals surface area (Å²) in [5, 5.41) is 4.42. The SMILES string of the molecule is CCC(/C=C1\Oc2cc3ccccc3cc2N1CC)=C\c1oc2cc3ccccc3cc2[n+]1CCCS(=O)(=O)O. The Morgan fingerprint density at radius 2 is 1.60 bits per heavy atom. The minimum atomic E-state index is -4.06. The summed E-state index contributed by atoms with van der Waals surface area (Å²) in [5.41, 5.74) is 3.62. The van der Waals surface area contributed by atoms with Gasteiger partial charge in [-0.25, -0.2) is 0 Å². The maximum Gasteiger partial charge on any atom is 0.374 e. The molecule has 0 unspecified atom stereocenters. The van der Waals surface area contributed by atoms with Crippen LogP contribution in [0.15, 0.2) is 94.7 Å². The first-order valence-corrected chi connectivity index (χ1v) is 15.1. The third-order valence-electron chi connectivity index (χ3n) is 7.32. The van der Waals surface area contributed by atoms with Gasteiger partial charge in [-0.15, -0.1) is 0 Å².